The molecule has 1 heterocycles. The van der Waals surface area contributed by atoms with Crippen molar-refractivity contribution in [3.8, 4) is 5.75 Å². The zero-order valence-corrected chi connectivity index (χ0v) is 10.6. The summed E-state index contributed by atoms with van der Waals surface area (Å²) >= 11 is 1.76. The van der Waals surface area contributed by atoms with Crippen molar-refractivity contribution >= 4 is 17.0 Å². The van der Waals surface area contributed by atoms with Crippen molar-refractivity contribution in [2.75, 3.05) is 12.8 Å². The molecule has 0 bridgehead atoms. The van der Waals surface area contributed by atoms with Crippen LogP contribution in [0.15, 0.2) is 35.7 Å². The van der Waals surface area contributed by atoms with Crippen LogP contribution in [0.2, 0.25) is 0 Å². The van der Waals surface area contributed by atoms with E-state index in [1.54, 1.807) is 18.4 Å². The lowest BCUT2D eigenvalue weighted by Gasteiger charge is -2.09. The summed E-state index contributed by atoms with van der Waals surface area (Å²) in [6.45, 7) is 1.66. The number of nitrogens with one attached hydrogen (secondary N) is 1. The summed E-state index contributed by atoms with van der Waals surface area (Å²) in [5, 5.41) is 5.47. The number of ether oxygens (including phenoxy) is 1. The molecular formula is C13H16N2OS. The molecule has 0 radical (unpaired) electrons. The Balaban J connectivity index is 1.94. The molecule has 0 aliphatic carbocycles. The van der Waals surface area contributed by atoms with Gasteiger partial charge in [-0.3, -0.25) is 0 Å². The Kier molecular flexibility index (Phi) is 4.01. The van der Waals surface area contributed by atoms with Gasteiger partial charge in [-0.15, -0.1) is 11.3 Å². The highest BCUT2D eigenvalue weighted by Crippen LogP contribution is 2.21. The minimum Gasteiger partial charge on any atom is -0.496 e. The van der Waals surface area contributed by atoms with E-state index in [0.29, 0.717) is 0 Å². The van der Waals surface area contributed by atoms with Crippen LogP contribution in [0, 0.1) is 0 Å². The second-order valence-electron chi connectivity index (χ2n) is 3.75. The minimum absolute atomic E-state index is 0.726. The van der Waals surface area contributed by atoms with Gasteiger partial charge in [0.05, 0.1) is 7.11 Å². The van der Waals surface area contributed by atoms with Gasteiger partial charge in [-0.05, 0) is 17.5 Å². The van der Waals surface area contributed by atoms with Gasteiger partial charge in [0.15, 0.2) is 0 Å². The van der Waals surface area contributed by atoms with Crippen LogP contribution in [0.1, 0.15) is 10.4 Å². The van der Waals surface area contributed by atoms with Crippen molar-refractivity contribution in [3.63, 3.8) is 0 Å². The SMILES string of the molecule is COc1cc(N)ccc1CNCc1cccs1. The number of hydrogen-bond donors (Lipinski definition) is 2. The third kappa shape index (κ3) is 3.22. The normalized spacial score (nSPS) is 10.4. The first-order valence-electron chi connectivity index (χ1n) is 5.45. The number of rotatable bonds is 5. The number of anilines is 1. The molecule has 0 saturated heterocycles. The standard InChI is InChI=1S/C13H16N2OS/c1-16-13-7-11(14)5-4-10(13)8-15-9-12-3-2-6-17-12/h2-7,15H,8-9,14H2,1H3. The lowest BCUT2D eigenvalue weighted by molar-refractivity contribution is 0.408. The second kappa shape index (κ2) is 5.70. The molecule has 0 saturated carbocycles. The molecule has 0 unspecified atom stereocenters. The van der Waals surface area contributed by atoms with Crippen LogP contribution in [0.25, 0.3) is 0 Å². The van der Waals surface area contributed by atoms with Crippen LogP contribution in [0.4, 0.5) is 5.69 Å². The predicted octanol–water partition coefficient (Wildman–Crippen LogP) is 2.63. The van der Waals surface area contributed by atoms with E-state index in [2.05, 4.69) is 22.8 Å². The third-order valence-electron chi connectivity index (χ3n) is 2.51. The van der Waals surface area contributed by atoms with Gasteiger partial charge < -0.3 is 15.8 Å². The van der Waals surface area contributed by atoms with Crippen LogP contribution in [-0.2, 0) is 13.1 Å². The Morgan fingerprint density at radius 2 is 2.18 bits per heavy atom. The van der Waals surface area contributed by atoms with Crippen molar-refractivity contribution in [2.24, 2.45) is 0 Å². The molecular weight excluding hydrogens is 232 g/mol. The third-order valence-corrected chi connectivity index (χ3v) is 3.38. The van der Waals surface area contributed by atoms with Gasteiger partial charge in [0.2, 0.25) is 0 Å². The summed E-state index contributed by atoms with van der Waals surface area (Å²) in [6.07, 6.45) is 0. The average molecular weight is 248 g/mol. The van der Waals surface area contributed by atoms with Crippen molar-refractivity contribution < 1.29 is 4.74 Å². The van der Waals surface area contributed by atoms with Gasteiger partial charge in [-0.25, -0.2) is 0 Å². The molecule has 0 spiro atoms. The Labute approximate surface area is 105 Å². The topological polar surface area (TPSA) is 47.3 Å². The van der Waals surface area contributed by atoms with Crippen LogP contribution in [-0.4, -0.2) is 7.11 Å². The van der Waals surface area contributed by atoms with E-state index < -0.39 is 0 Å². The first-order chi connectivity index (χ1) is 8.29. The van der Waals surface area contributed by atoms with Gasteiger partial charge in [0.1, 0.15) is 5.75 Å². The lowest BCUT2D eigenvalue weighted by atomic mass is 10.2. The summed E-state index contributed by atoms with van der Waals surface area (Å²) in [4.78, 5) is 1.33. The first kappa shape index (κ1) is 12.0. The highest BCUT2D eigenvalue weighted by Gasteiger charge is 2.03. The van der Waals surface area contributed by atoms with Gasteiger partial charge in [-0.1, -0.05) is 12.1 Å². The molecule has 1 aromatic heterocycles. The lowest BCUT2D eigenvalue weighted by Crippen LogP contribution is -2.12. The monoisotopic (exact) mass is 248 g/mol. The number of nitrogens with two attached hydrogens (primary N) is 1. The van der Waals surface area contributed by atoms with Gasteiger partial charge >= 0.3 is 0 Å². The maximum absolute atomic E-state index is 5.71. The zero-order chi connectivity index (χ0) is 12.1. The van der Waals surface area contributed by atoms with E-state index in [4.69, 9.17) is 10.5 Å². The molecule has 1 aromatic carbocycles. The molecule has 0 amide bonds. The number of methoxy groups -OCH3 is 1. The molecule has 3 N–H and O–H groups in total. The molecule has 4 heteroatoms. The Hall–Kier alpha value is -1.52. The zero-order valence-electron chi connectivity index (χ0n) is 9.77. The minimum atomic E-state index is 0.726. The molecule has 3 nitrogen and oxygen atoms in total. The fraction of sp³-hybridized carbons (Fsp3) is 0.231. The highest BCUT2D eigenvalue weighted by molar-refractivity contribution is 7.09. The molecule has 17 heavy (non-hydrogen) atoms. The van der Waals surface area contributed by atoms with Crippen LogP contribution < -0.4 is 15.8 Å². The van der Waals surface area contributed by atoms with Gasteiger partial charge in [-0.2, -0.15) is 0 Å². The van der Waals surface area contributed by atoms with Crippen LogP contribution in [0.5, 0.6) is 5.75 Å². The van der Waals surface area contributed by atoms with E-state index >= 15 is 0 Å². The van der Waals surface area contributed by atoms with E-state index in [1.165, 1.54) is 4.88 Å². The summed E-state index contributed by atoms with van der Waals surface area (Å²) in [5.74, 6) is 0.837. The molecule has 90 valence electrons. The maximum atomic E-state index is 5.71. The Morgan fingerprint density at radius 3 is 2.88 bits per heavy atom. The van der Waals surface area contributed by atoms with Gasteiger partial charge in [0, 0.05) is 35.3 Å². The second-order valence-corrected chi connectivity index (χ2v) is 4.79. The summed E-state index contributed by atoms with van der Waals surface area (Å²) in [7, 11) is 1.66. The Bertz CT molecular complexity index is 468. The fourth-order valence-electron chi connectivity index (χ4n) is 1.64. The summed E-state index contributed by atoms with van der Waals surface area (Å²) in [6, 6.07) is 9.92. The molecule has 2 aromatic rings. The molecule has 0 atom stereocenters. The van der Waals surface area contributed by atoms with Crippen molar-refractivity contribution in [1.29, 1.82) is 0 Å². The van der Waals surface area contributed by atoms with E-state index in [9.17, 15) is 0 Å². The average Bonchev–Trinajstić information content (AvgIpc) is 2.84. The number of hydrogen-bond acceptors (Lipinski definition) is 4. The molecule has 0 fully saturated rings. The summed E-state index contributed by atoms with van der Waals surface area (Å²) < 4.78 is 5.30. The quantitative estimate of drug-likeness (QED) is 0.800. The van der Waals surface area contributed by atoms with Crippen LogP contribution >= 0.6 is 11.3 Å². The number of nitrogen functional groups attached to an aromatic ring is 1. The molecule has 2 rings (SSSR count). The largest absolute Gasteiger partial charge is 0.496 e. The summed E-state index contributed by atoms with van der Waals surface area (Å²) in [5.41, 5.74) is 7.56. The first-order valence-corrected chi connectivity index (χ1v) is 6.33. The Morgan fingerprint density at radius 1 is 1.29 bits per heavy atom. The maximum Gasteiger partial charge on any atom is 0.125 e. The van der Waals surface area contributed by atoms with Crippen LogP contribution in [0.3, 0.4) is 0 Å². The van der Waals surface area contributed by atoms with Gasteiger partial charge in [0.25, 0.3) is 0 Å². The van der Waals surface area contributed by atoms with Crippen molar-refractivity contribution in [1.82, 2.24) is 5.32 Å². The van der Waals surface area contributed by atoms with Crippen molar-refractivity contribution in [3.05, 3.63) is 46.2 Å². The van der Waals surface area contributed by atoms with E-state index in [0.717, 1.165) is 30.1 Å². The number of thiophene rings is 1. The van der Waals surface area contributed by atoms with E-state index in [1.807, 2.05) is 18.2 Å². The fourth-order valence-corrected chi connectivity index (χ4v) is 2.32. The number of benzene rings is 1. The van der Waals surface area contributed by atoms with Crippen molar-refractivity contribution in [2.45, 2.75) is 13.1 Å². The predicted molar refractivity (Wildman–Crippen MR) is 72.3 cm³/mol. The molecule has 0 aliphatic rings. The highest BCUT2D eigenvalue weighted by atomic mass is 32.1. The molecule has 0 aliphatic heterocycles. The van der Waals surface area contributed by atoms with E-state index in [-0.39, 0.29) is 0 Å². The smallest absolute Gasteiger partial charge is 0.125 e.